The Morgan fingerprint density at radius 3 is 2.59 bits per heavy atom. The van der Waals surface area contributed by atoms with Crippen molar-refractivity contribution in [2.75, 3.05) is 12.3 Å². The van der Waals surface area contributed by atoms with Gasteiger partial charge in [0, 0.05) is 6.42 Å². The fourth-order valence-corrected chi connectivity index (χ4v) is 6.14. The van der Waals surface area contributed by atoms with Gasteiger partial charge in [0.1, 0.15) is 24.5 Å². The molecule has 0 aromatic carbocycles. The van der Waals surface area contributed by atoms with Crippen LogP contribution in [0, 0.1) is 24.3 Å². The van der Waals surface area contributed by atoms with E-state index < -0.39 is 41.4 Å². The van der Waals surface area contributed by atoms with Crippen LogP contribution >= 0.6 is 0 Å². The molecule has 7 rings (SSSR count). The summed E-state index contributed by atoms with van der Waals surface area (Å²) in [7, 11) is 0. The first kappa shape index (κ1) is 27.2. The molecule has 1 aliphatic heterocycles. The number of nitrogens with zero attached hydrogens (tertiary/aromatic N) is 4. The summed E-state index contributed by atoms with van der Waals surface area (Å²) in [6, 6.07) is 0. The predicted molar refractivity (Wildman–Crippen MR) is 134 cm³/mol. The van der Waals surface area contributed by atoms with E-state index in [4.69, 9.17) is 33.5 Å². The van der Waals surface area contributed by atoms with Gasteiger partial charge in [0.15, 0.2) is 35.1 Å². The molecule has 4 aliphatic rings. The lowest BCUT2D eigenvalue weighted by Gasteiger charge is -2.45. The Morgan fingerprint density at radius 2 is 1.90 bits per heavy atom. The zero-order valence-electron chi connectivity index (χ0n) is 22.6. The zero-order chi connectivity index (χ0) is 28.9. The summed E-state index contributed by atoms with van der Waals surface area (Å²) in [6.45, 7) is 2.41. The topological polar surface area (TPSA) is 184 Å². The normalized spacial score (nSPS) is 29.1. The van der Waals surface area contributed by atoms with Crippen molar-refractivity contribution < 1.29 is 41.8 Å². The molecule has 0 radical (unpaired) electrons. The molecule has 2 bridgehead atoms. The van der Waals surface area contributed by atoms with Crippen molar-refractivity contribution in [1.29, 1.82) is 0 Å². The van der Waals surface area contributed by atoms with Crippen LogP contribution < -0.4 is 11.6 Å². The number of carbonyl (C=O) groups excluding carboxylic acids is 2. The number of aromatic nitrogens is 4. The van der Waals surface area contributed by atoms with Crippen molar-refractivity contribution in [2.45, 2.75) is 83.3 Å². The van der Waals surface area contributed by atoms with Gasteiger partial charge in [0.25, 0.3) is 0 Å². The van der Waals surface area contributed by atoms with Crippen molar-refractivity contribution in [3.63, 3.8) is 0 Å². The molecule has 220 valence electrons. The molecule has 14 nitrogen and oxygen atoms in total. The maximum Gasteiger partial charge on any atom is 0.519 e. The number of anilines is 1. The number of aryl methyl sites for hydroxylation is 1. The molecule has 3 aromatic heterocycles. The number of rotatable bonds is 7. The van der Waals surface area contributed by atoms with Crippen molar-refractivity contribution in [2.24, 2.45) is 11.3 Å². The van der Waals surface area contributed by atoms with Gasteiger partial charge in [-0.2, -0.15) is 14.4 Å². The Bertz CT molecular complexity index is 1530. The average Bonchev–Trinajstić information content (AvgIpc) is 3.62. The quantitative estimate of drug-likeness (QED) is 0.320. The van der Waals surface area contributed by atoms with E-state index in [1.54, 1.807) is 6.92 Å². The number of hydrogen-bond acceptors (Lipinski definition) is 13. The van der Waals surface area contributed by atoms with E-state index in [1.165, 1.54) is 17.8 Å². The highest BCUT2D eigenvalue weighted by atomic mass is 19.1. The minimum absolute atomic E-state index is 0.0455. The fourth-order valence-electron chi connectivity index (χ4n) is 6.14. The highest BCUT2D eigenvalue weighted by molar-refractivity contribution is 5.81. The summed E-state index contributed by atoms with van der Waals surface area (Å²) >= 11 is 0. The van der Waals surface area contributed by atoms with Crippen LogP contribution in [0.5, 0.6) is 0 Å². The highest BCUT2D eigenvalue weighted by Gasteiger charge is 2.53. The van der Waals surface area contributed by atoms with Gasteiger partial charge in [-0.15, -0.1) is 0 Å². The summed E-state index contributed by atoms with van der Waals surface area (Å²) in [5.41, 5.74) is 4.27. The molecule has 3 saturated carbocycles. The SMILES string of the molecule is Cc1oc(=O)oc1COC(=O)OC[C@@]1(C)O[C@@H](n2cnc3c(N)nc(F)nc32)C[C@@H]1OC(=O)C12CCC(CC1)CC2. The van der Waals surface area contributed by atoms with E-state index >= 15 is 0 Å². The van der Waals surface area contributed by atoms with Crippen LogP contribution in [0.3, 0.4) is 0 Å². The summed E-state index contributed by atoms with van der Waals surface area (Å²) in [6.07, 6.45) is 3.12. The van der Waals surface area contributed by atoms with Crippen LogP contribution in [0.25, 0.3) is 11.2 Å². The third-order valence-corrected chi connectivity index (χ3v) is 8.64. The van der Waals surface area contributed by atoms with E-state index in [2.05, 4.69) is 15.0 Å². The highest BCUT2D eigenvalue weighted by Crippen LogP contribution is 2.52. The second-order valence-electron chi connectivity index (χ2n) is 11.2. The Hall–Kier alpha value is -4.01. The number of ether oxygens (including phenoxy) is 4. The van der Waals surface area contributed by atoms with Gasteiger partial charge in [0.2, 0.25) is 0 Å². The molecule has 15 heteroatoms. The fraction of sp³-hybridized carbons (Fsp3) is 0.615. The first-order chi connectivity index (χ1) is 19.5. The van der Waals surface area contributed by atoms with Crippen molar-refractivity contribution in [1.82, 2.24) is 19.5 Å². The van der Waals surface area contributed by atoms with Crippen molar-refractivity contribution >= 4 is 29.1 Å². The lowest BCUT2D eigenvalue weighted by molar-refractivity contribution is -0.181. The second kappa shape index (κ2) is 10.1. The number of fused-ring (bicyclic) bond motifs is 4. The Morgan fingerprint density at radius 1 is 1.17 bits per heavy atom. The van der Waals surface area contributed by atoms with Gasteiger partial charge in [-0.05, 0) is 58.3 Å². The predicted octanol–water partition coefficient (Wildman–Crippen LogP) is 3.32. The standard InChI is InChI=1S/C26H30FN5O9/c1-13-15(39-24(35)38-13)10-36-23(34)37-11-25(2)16(40-21(33)26-6-3-14(4-7-26)5-8-26)9-17(41-25)32-12-29-18-19(28)30-22(27)31-20(18)32/h12,14,16-17H,3-11H2,1-2H3,(H2,28,30,31)/t14?,16-,17+,25+,26?/m0/s1. The first-order valence-electron chi connectivity index (χ1n) is 13.5. The summed E-state index contributed by atoms with van der Waals surface area (Å²) in [4.78, 5) is 48.8. The third-order valence-electron chi connectivity index (χ3n) is 8.64. The minimum atomic E-state index is -1.31. The van der Waals surface area contributed by atoms with Gasteiger partial charge in [0.05, 0.1) is 11.7 Å². The summed E-state index contributed by atoms with van der Waals surface area (Å²) < 4.78 is 47.9. The van der Waals surface area contributed by atoms with Crippen LogP contribution in [0.15, 0.2) is 20.0 Å². The van der Waals surface area contributed by atoms with Gasteiger partial charge < -0.3 is 33.5 Å². The minimum Gasteiger partial charge on any atom is -0.459 e. The smallest absolute Gasteiger partial charge is 0.459 e. The van der Waals surface area contributed by atoms with Crippen LogP contribution in [0.1, 0.15) is 69.6 Å². The van der Waals surface area contributed by atoms with Gasteiger partial charge in [-0.3, -0.25) is 9.36 Å². The molecule has 4 heterocycles. The molecule has 2 N–H and O–H groups in total. The maximum atomic E-state index is 14.0. The van der Waals surface area contributed by atoms with Gasteiger partial charge >= 0.3 is 24.0 Å². The number of halogens is 1. The molecule has 1 saturated heterocycles. The Balaban J connectivity index is 1.21. The van der Waals surface area contributed by atoms with E-state index in [1.807, 2.05) is 0 Å². The molecule has 3 aliphatic carbocycles. The van der Waals surface area contributed by atoms with Gasteiger partial charge in [-0.25, -0.2) is 14.6 Å². The summed E-state index contributed by atoms with van der Waals surface area (Å²) in [5.74, 6) is -0.454. The summed E-state index contributed by atoms with van der Waals surface area (Å²) in [5, 5.41) is 0. The van der Waals surface area contributed by atoms with E-state index in [0.29, 0.717) is 5.92 Å². The molecular weight excluding hydrogens is 545 g/mol. The van der Waals surface area contributed by atoms with Crippen LogP contribution in [-0.2, 0) is 30.3 Å². The number of imidazole rings is 1. The van der Waals surface area contributed by atoms with E-state index in [-0.39, 0.29) is 54.1 Å². The lowest BCUT2D eigenvalue weighted by Crippen LogP contribution is -2.48. The third kappa shape index (κ3) is 5.02. The molecular formula is C26H30FN5O9. The van der Waals surface area contributed by atoms with Gasteiger partial charge in [-0.1, -0.05) is 0 Å². The Kier molecular flexibility index (Phi) is 6.71. The molecule has 0 spiro atoms. The number of nitrogens with two attached hydrogens (primary N) is 1. The number of carbonyl (C=O) groups is 2. The molecule has 0 unspecified atom stereocenters. The number of hydrogen-bond donors (Lipinski definition) is 1. The zero-order valence-corrected chi connectivity index (χ0v) is 22.6. The second-order valence-corrected chi connectivity index (χ2v) is 11.2. The Labute approximate surface area is 232 Å². The van der Waals surface area contributed by atoms with Crippen molar-refractivity contribution in [3.05, 3.63) is 34.5 Å². The monoisotopic (exact) mass is 575 g/mol. The number of nitrogen functional groups attached to an aromatic ring is 1. The van der Waals surface area contributed by atoms with Crippen LogP contribution in [0.4, 0.5) is 15.0 Å². The molecule has 3 aromatic rings. The molecule has 0 amide bonds. The average molecular weight is 576 g/mol. The maximum absolute atomic E-state index is 14.0. The van der Waals surface area contributed by atoms with E-state index in [9.17, 15) is 18.8 Å². The first-order valence-corrected chi connectivity index (χ1v) is 13.5. The molecule has 3 atom stereocenters. The van der Waals surface area contributed by atoms with E-state index in [0.717, 1.165) is 38.5 Å². The molecule has 41 heavy (non-hydrogen) atoms. The largest absolute Gasteiger partial charge is 0.519 e. The van der Waals surface area contributed by atoms with Crippen LogP contribution in [-0.4, -0.2) is 50.0 Å². The molecule has 4 fully saturated rings. The number of esters is 1. The van der Waals surface area contributed by atoms with Crippen molar-refractivity contribution in [3.8, 4) is 0 Å². The lowest BCUT2D eigenvalue weighted by atomic mass is 9.61. The van der Waals surface area contributed by atoms with Crippen LogP contribution in [0.2, 0.25) is 0 Å².